The number of rotatable bonds is 5. The van der Waals surface area contributed by atoms with E-state index in [4.69, 9.17) is 11.6 Å². The minimum Gasteiger partial charge on any atom is -0.338 e. The predicted molar refractivity (Wildman–Crippen MR) is 114 cm³/mol. The lowest BCUT2D eigenvalue weighted by atomic mass is 10.1. The molecule has 0 radical (unpaired) electrons. The Morgan fingerprint density at radius 2 is 1.62 bits per heavy atom. The highest BCUT2D eigenvalue weighted by molar-refractivity contribution is 6.30. The average Bonchev–Trinajstić information content (AvgIpc) is 3.13. The van der Waals surface area contributed by atoms with Gasteiger partial charge in [0, 0.05) is 62.8 Å². The number of carbonyl (C=O) groups excluding carboxylic acids is 2. The van der Waals surface area contributed by atoms with Gasteiger partial charge in [0.05, 0.1) is 0 Å². The standard InChI is InChI=1S/C23H26ClN3O2/c24-21-7-2-5-19(15-21)16-25-10-12-26(13-11-25)23(29)20-6-1-4-18(14-20)17-27-9-3-8-22(27)28/h1-2,4-7,14-15H,3,8-13,16-17H2. The molecule has 2 aromatic carbocycles. The minimum atomic E-state index is 0.0713. The summed E-state index contributed by atoms with van der Waals surface area (Å²) in [6, 6.07) is 15.7. The Kier molecular flexibility index (Phi) is 6.16. The zero-order valence-corrected chi connectivity index (χ0v) is 17.3. The molecule has 2 amide bonds. The molecule has 2 fully saturated rings. The summed E-state index contributed by atoms with van der Waals surface area (Å²) in [5.41, 5.74) is 2.92. The van der Waals surface area contributed by atoms with Gasteiger partial charge in [-0.2, -0.15) is 0 Å². The predicted octanol–water partition coefficient (Wildman–Crippen LogP) is 3.42. The Bertz CT molecular complexity index is 893. The molecule has 0 aliphatic carbocycles. The van der Waals surface area contributed by atoms with Crippen LogP contribution in [-0.2, 0) is 17.9 Å². The van der Waals surface area contributed by atoms with E-state index in [1.807, 2.05) is 52.3 Å². The number of hydrogen-bond donors (Lipinski definition) is 0. The van der Waals surface area contributed by atoms with E-state index in [1.165, 1.54) is 5.56 Å². The van der Waals surface area contributed by atoms with Gasteiger partial charge in [0.2, 0.25) is 5.91 Å². The van der Waals surface area contributed by atoms with E-state index in [9.17, 15) is 9.59 Å². The summed E-state index contributed by atoms with van der Waals surface area (Å²) in [4.78, 5) is 31.0. The molecule has 6 heteroatoms. The maximum atomic E-state index is 13.0. The summed E-state index contributed by atoms with van der Waals surface area (Å²) in [6.07, 6.45) is 1.56. The molecule has 0 unspecified atom stereocenters. The molecule has 2 heterocycles. The van der Waals surface area contributed by atoms with Crippen molar-refractivity contribution >= 4 is 23.4 Å². The monoisotopic (exact) mass is 411 g/mol. The second kappa shape index (κ2) is 8.97. The fourth-order valence-corrected chi connectivity index (χ4v) is 4.29. The summed E-state index contributed by atoms with van der Waals surface area (Å²) in [5, 5.41) is 0.756. The molecule has 0 spiro atoms. The van der Waals surface area contributed by atoms with Crippen LogP contribution in [-0.4, -0.2) is 59.2 Å². The third kappa shape index (κ3) is 4.98. The molecule has 5 nitrogen and oxygen atoms in total. The number of halogens is 1. The van der Waals surface area contributed by atoms with Crippen LogP contribution in [0.25, 0.3) is 0 Å². The lowest BCUT2D eigenvalue weighted by Gasteiger charge is -2.35. The molecule has 2 aromatic rings. The molecule has 0 bridgehead atoms. The van der Waals surface area contributed by atoms with Crippen LogP contribution in [0.1, 0.15) is 34.3 Å². The highest BCUT2D eigenvalue weighted by Gasteiger charge is 2.23. The topological polar surface area (TPSA) is 43.9 Å². The van der Waals surface area contributed by atoms with Crippen molar-refractivity contribution in [1.29, 1.82) is 0 Å². The molecule has 2 aliphatic heterocycles. The first kappa shape index (κ1) is 19.9. The first-order valence-corrected chi connectivity index (χ1v) is 10.6. The molecule has 2 aliphatic rings. The van der Waals surface area contributed by atoms with Crippen molar-refractivity contribution in [2.75, 3.05) is 32.7 Å². The number of piperazine rings is 1. The van der Waals surface area contributed by atoms with E-state index in [2.05, 4.69) is 11.0 Å². The van der Waals surface area contributed by atoms with Gasteiger partial charge < -0.3 is 9.80 Å². The molecule has 29 heavy (non-hydrogen) atoms. The van der Waals surface area contributed by atoms with Crippen molar-refractivity contribution in [2.45, 2.75) is 25.9 Å². The number of amides is 2. The van der Waals surface area contributed by atoms with Crippen molar-refractivity contribution in [3.05, 3.63) is 70.2 Å². The Morgan fingerprint density at radius 3 is 2.31 bits per heavy atom. The second-order valence-corrected chi connectivity index (χ2v) is 8.25. The quantitative estimate of drug-likeness (QED) is 0.757. The zero-order valence-electron chi connectivity index (χ0n) is 16.5. The number of hydrogen-bond acceptors (Lipinski definition) is 3. The van der Waals surface area contributed by atoms with Crippen LogP contribution in [0.3, 0.4) is 0 Å². The number of nitrogens with zero attached hydrogens (tertiary/aromatic N) is 3. The normalized spacial score (nSPS) is 17.8. The summed E-state index contributed by atoms with van der Waals surface area (Å²) in [7, 11) is 0. The van der Waals surface area contributed by atoms with Crippen LogP contribution < -0.4 is 0 Å². The molecule has 0 N–H and O–H groups in total. The van der Waals surface area contributed by atoms with Crippen molar-refractivity contribution in [3.63, 3.8) is 0 Å². The van der Waals surface area contributed by atoms with Crippen molar-refractivity contribution < 1.29 is 9.59 Å². The van der Waals surface area contributed by atoms with Gasteiger partial charge >= 0.3 is 0 Å². The molecule has 0 aromatic heterocycles. The molecular formula is C23H26ClN3O2. The third-order valence-electron chi connectivity index (χ3n) is 5.67. The Balaban J connectivity index is 1.33. The van der Waals surface area contributed by atoms with Crippen LogP contribution >= 0.6 is 11.6 Å². The van der Waals surface area contributed by atoms with Crippen LogP contribution in [0.4, 0.5) is 0 Å². The molecule has 2 saturated heterocycles. The third-order valence-corrected chi connectivity index (χ3v) is 5.91. The summed E-state index contributed by atoms with van der Waals surface area (Å²) < 4.78 is 0. The summed E-state index contributed by atoms with van der Waals surface area (Å²) in [6.45, 7) is 5.38. The van der Waals surface area contributed by atoms with E-state index < -0.39 is 0 Å². The maximum absolute atomic E-state index is 13.0. The van der Waals surface area contributed by atoms with Gasteiger partial charge in [-0.3, -0.25) is 14.5 Å². The van der Waals surface area contributed by atoms with E-state index in [1.54, 1.807) is 0 Å². The molecule has 4 rings (SSSR count). The first-order chi connectivity index (χ1) is 14.1. The van der Waals surface area contributed by atoms with E-state index >= 15 is 0 Å². The minimum absolute atomic E-state index is 0.0713. The lowest BCUT2D eigenvalue weighted by Crippen LogP contribution is -2.48. The number of carbonyl (C=O) groups is 2. The van der Waals surface area contributed by atoms with Gasteiger partial charge in [0.1, 0.15) is 0 Å². The van der Waals surface area contributed by atoms with Gasteiger partial charge in [0.25, 0.3) is 5.91 Å². The van der Waals surface area contributed by atoms with Crippen molar-refractivity contribution in [1.82, 2.24) is 14.7 Å². The summed E-state index contributed by atoms with van der Waals surface area (Å²) >= 11 is 6.08. The van der Waals surface area contributed by atoms with Crippen LogP contribution in [0.5, 0.6) is 0 Å². The summed E-state index contributed by atoms with van der Waals surface area (Å²) in [5.74, 6) is 0.277. The van der Waals surface area contributed by atoms with E-state index in [-0.39, 0.29) is 11.8 Å². The second-order valence-electron chi connectivity index (χ2n) is 7.82. The van der Waals surface area contributed by atoms with Crippen LogP contribution in [0, 0.1) is 0 Å². The average molecular weight is 412 g/mol. The van der Waals surface area contributed by atoms with E-state index in [0.29, 0.717) is 31.6 Å². The highest BCUT2D eigenvalue weighted by atomic mass is 35.5. The Morgan fingerprint density at radius 1 is 0.897 bits per heavy atom. The molecule has 0 atom stereocenters. The maximum Gasteiger partial charge on any atom is 0.253 e. The fraction of sp³-hybridized carbons (Fsp3) is 0.391. The zero-order chi connectivity index (χ0) is 20.2. The number of likely N-dealkylation sites (tertiary alicyclic amines) is 1. The molecule has 0 saturated carbocycles. The van der Waals surface area contributed by atoms with Gasteiger partial charge in [0.15, 0.2) is 0 Å². The number of benzene rings is 2. The fourth-order valence-electron chi connectivity index (χ4n) is 4.08. The highest BCUT2D eigenvalue weighted by Crippen LogP contribution is 2.18. The van der Waals surface area contributed by atoms with Crippen molar-refractivity contribution in [3.8, 4) is 0 Å². The molecule has 152 valence electrons. The lowest BCUT2D eigenvalue weighted by molar-refractivity contribution is -0.128. The SMILES string of the molecule is O=C1CCCN1Cc1cccc(C(=O)N2CCN(Cc3cccc(Cl)c3)CC2)c1. The first-order valence-electron chi connectivity index (χ1n) is 10.2. The smallest absolute Gasteiger partial charge is 0.253 e. The van der Waals surface area contributed by atoms with Crippen molar-refractivity contribution in [2.24, 2.45) is 0 Å². The Labute approximate surface area is 176 Å². The van der Waals surface area contributed by atoms with E-state index in [0.717, 1.165) is 43.2 Å². The van der Waals surface area contributed by atoms with Gasteiger partial charge in [-0.05, 0) is 41.8 Å². The largest absolute Gasteiger partial charge is 0.338 e. The molecular weight excluding hydrogens is 386 g/mol. The van der Waals surface area contributed by atoms with Gasteiger partial charge in [-0.1, -0.05) is 35.9 Å². The van der Waals surface area contributed by atoms with Crippen LogP contribution in [0.2, 0.25) is 5.02 Å². The van der Waals surface area contributed by atoms with Crippen LogP contribution in [0.15, 0.2) is 48.5 Å². The van der Waals surface area contributed by atoms with Gasteiger partial charge in [-0.25, -0.2) is 0 Å². The Hall–Kier alpha value is -2.37. The van der Waals surface area contributed by atoms with Gasteiger partial charge in [-0.15, -0.1) is 0 Å².